The molecule has 0 saturated carbocycles. The molecule has 5 nitrogen and oxygen atoms in total. The van der Waals surface area contributed by atoms with Gasteiger partial charge in [0.1, 0.15) is 0 Å². The van der Waals surface area contributed by atoms with Crippen LogP contribution in [0.25, 0.3) is 10.8 Å². The second kappa shape index (κ2) is 7.56. The lowest BCUT2D eigenvalue weighted by Gasteiger charge is -2.15. The summed E-state index contributed by atoms with van der Waals surface area (Å²) in [5, 5.41) is 13.6. The van der Waals surface area contributed by atoms with Crippen molar-refractivity contribution in [3.63, 3.8) is 0 Å². The maximum Gasteiger partial charge on any atom is 0.304 e. The summed E-state index contributed by atoms with van der Waals surface area (Å²) in [5.74, 6) is -0.898. The lowest BCUT2D eigenvalue weighted by Crippen LogP contribution is -2.26. The molecule has 0 bridgehead atoms. The van der Waals surface area contributed by atoms with Crippen LogP contribution in [-0.4, -0.2) is 42.0 Å². The fourth-order valence-corrected chi connectivity index (χ4v) is 2.24. The van der Waals surface area contributed by atoms with Crippen molar-refractivity contribution < 1.29 is 14.7 Å². The van der Waals surface area contributed by atoms with Gasteiger partial charge in [0.2, 0.25) is 5.91 Å². The Hall–Kier alpha value is -2.40. The van der Waals surface area contributed by atoms with Crippen LogP contribution in [0.15, 0.2) is 42.5 Å². The van der Waals surface area contributed by atoms with Crippen LogP contribution in [0.3, 0.4) is 0 Å². The summed E-state index contributed by atoms with van der Waals surface area (Å²) >= 11 is 0. The number of carboxylic acids is 1. The third-order valence-corrected chi connectivity index (χ3v) is 3.49. The maximum absolute atomic E-state index is 12.0. The van der Waals surface area contributed by atoms with Crippen LogP contribution in [0, 0.1) is 0 Å². The second-order valence-corrected chi connectivity index (χ2v) is 5.27. The number of carbonyl (C=O) groups is 2. The fourth-order valence-electron chi connectivity index (χ4n) is 2.24. The molecule has 2 aromatic rings. The predicted molar refractivity (Wildman–Crippen MR) is 86.9 cm³/mol. The molecular weight excluding hydrogens is 280 g/mol. The molecule has 5 heteroatoms. The van der Waals surface area contributed by atoms with Crippen molar-refractivity contribution in [1.82, 2.24) is 4.90 Å². The molecule has 2 N–H and O–H groups in total. The van der Waals surface area contributed by atoms with Gasteiger partial charge in [-0.15, -0.1) is 0 Å². The normalized spacial score (nSPS) is 10.8. The standard InChI is InChI=1S/C17H20N2O3/c1-19(12-10-17(21)22)11-9-16(20)18-15-8-4-6-13-5-2-3-7-14(13)15/h2-8H,9-12H2,1H3,(H,18,20)(H,21,22). The van der Waals surface area contributed by atoms with Crippen molar-refractivity contribution in [3.05, 3.63) is 42.5 Å². The Kier molecular flexibility index (Phi) is 5.49. The van der Waals surface area contributed by atoms with Crippen LogP contribution in [0.4, 0.5) is 5.69 Å². The van der Waals surface area contributed by atoms with Gasteiger partial charge in [0.15, 0.2) is 0 Å². The third kappa shape index (κ3) is 4.56. The number of hydrogen-bond acceptors (Lipinski definition) is 3. The number of aliphatic carboxylic acids is 1. The molecule has 1 amide bonds. The number of carbonyl (C=O) groups excluding carboxylic acids is 1. The van der Waals surface area contributed by atoms with E-state index in [0.29, 0.717) is 19.5 Å². The van der Waals surface area contributed by atoms with Crippen molar-refractivity contribution in [2.24, 2.45) is 0 Å². The van der Waals surface area contributed by atoms with Crippen LogP contribution in [0.1, 0.15) is 12.8 Å². The highest BCUT2D eigenvalue weighted by atomic mass is 16.4. The monoisotopic (exact) mass is 300 g/mol. The Balaban J connectivity index is 1.90. The van der Waals surface area contributed by atoms with Crippen LogP contribution in [0.2, 0.25) is 0 Å². The van der Waals surface area contributed by atoms with Gasteiger partial charge in [-0.1, -0.05) is 36.4 Å². The number of fused-ring (bicyclic) bond motifs is 1. The van der Waals surface area contributed by atoms with Crippen LogP contribution < -0.4 is 5.32 Å². The summed E-state index contributed by atoms with van der Waals surface area (Å²) in [6.07, 6.45) is 0.417. The van der Waals surface area contributed by atoms with Crippen molar-refractivity contribution >= 4 is 28.3 Å². The second-order valence-electron chi connectivity index (χ2n) is 5.27. The van der Waals surface area contributed by atoms with Gasteiger partial charge in [-0.25, -0.2) is 0 Å². The zero-order chi connectivity index (χ0) is 15.9. The molecule has 0 unspecified atom stereocenters. The molecular formula is C17H20N2O3. The highest BCUT2D eigenvalue weighted by Crippen LogP contribution is 2.22. The molecule has 0 spiro atoms. The van der Waals surface area contributed by atoms with Crippen LogP contribution >= 0.6 is 0 Å². The quantitative estimate of drug-likeness (QED) is 0.824. The number of nitrogens with zero attached hydrogens (tertiary/aromatic N) is 1. The molecule has 0 aromatic heterocycles. The third-order valence-electron chi connectivity index (χ3n) is 3.49. The summed E-state index contributed by atoms with van der Waals surface area (Å²) < 4.78 is 0. The van der Waals surface area contributed by atoms with Gasteiger partial charge in [0, 0.05) is 30.6 Å². The lowest BCUT2D eigenvalue weighted by atomic mass is 10.1. The van der Waals surface area contributed by atoms with Gasteiger partial charge < -0.3 is 15.3 Å². The van der Waals surface area contributed by atoms with E-state index in [0.717, 1.165) is 16.5 Å². The minimum absolute atomic E-state index is 0.0708. The predicted octanol–water partition coefficient (Wildman–Crippen LogP) is 2.57. The Bertz CT molecular complexity index is 665. The van der Waals surface area contributed by atoms with Gasteiger partial charge in [-0.2, -0.15) is 0 Å². The topological polar surface area (TPSA) is 69.6 Å². The first-order valence-corrected chi connectivity index (χ1v) is 7.24. The van der Waals surface area contributed by atoms with E-state index >= 15 is 0 Å². The number of rotatable bonds is 7. The molecule has 0 atom stereocenters. The molecule has 0 aliphatic rings. The molecule has 2 aromatic carbocycles. The van der Waals surface area contributed by atoms with E-state index in [-0.39, 0.29) is 12.3 Å². The number of nitrogens with one attached hydrogen (secondary N) is 1. The van der Waals surface area contributed by atoms with Crippen LogP contribution in [0.5, 0.6) is 0 Å². The molecule has 0 radical (unpaired) electrons. The van der Waals surface area contributed by atoms with E-state index in [1.165, 1.54) is 0 Å². The Morgan fingerprint density at radius 1 is 1.05 bits per heavy atom. The van der Waals surface area contributed by atoms with Crippen molar-refractivity contribution in [1.29, 1.82) is 0 Å². The first-order valence-electron chi connectivity index (χ1n) is 7.24. The summed E-state index contributed by atoms with van der Waals surface area (Å²) in [6.45, 7) is 0.973. The number of carboxylic acid groups (broad SMARTS) is 1. The smallest absolute Gasteiger partial charge is 0.304 e. The molecule has 0 fully saturated rings. The van der Waals surface area contributed by atoms with E-state index in [1.807, 2.05) is 54.4 Å². The number of hydrogen-bond donors (Lipinski definition) is 2. The van der Waals surface area contributed by atoms with Gasteiger partial charge in [0.05, 0.1) is 6.42 Å². The van der Waals surface area contributed by atoms with Gasteiger partial charge in [0.25, 0.3) is 0 Å². The minimum Gasteiger partial charge on any atom is -0.481 e. The molecule has 0 heterocycles. The number of amides is 1. The van der Waals surface area contributed by atoms with Crippen molar-refractivity contribution in [2.75, 3.05) is 25.5 Å². The SMILES string of the molecule is CN(CCC(=O)O)CCC(=O)Nc1cccc2ccccc12. The molecule has 22 heavy (non-hydrogen) atoms. The van der Waals surface area contributed by atoms with Crippen LogP contribution in [-0.2, 0) is 9.59 Å². The zero-order valence-electron chi connectivity index (χ0n) is 12.6. The maximum atomic E-state index is 12.0. The Morgan fingerprint density at radius 2 is 1.73 bits per heavy atom. The van der Waals surface area contributed by atoms with Gasteiger partial charge >= 0.3 is 5.97 Å². The average Bonchev–Trinajstić information content (AvgIpc) is 2.51. The molecule has 0 aliphatic carbocycles. The summed E-state index contributed by atoms with van der Waals surface area (Å²) in [5.41, 5.74) is 0.802. The van der Waals surface area contributed by atoms with E-state index in [1.54, 1.807) is 0 Å². The molecule has 0 saturated heterocycles. The highest BCUT2D eigenvalue weighted by Gasteiger charge is 2.08. The van der Waals surface area contributed by atoms with E-state index in [9.17, 15) is 9.59 Å². The Labute approximate surface area is 129 Å². The van der Waals surface area contributed by atoms with Gasteiger partial charge in [-0.3, -0.25) is 9.59 Å². The lowest BCUT2D eigenvalue weighted by molar-refractivity contribution is -0.137. The largest absolute Gasteiger partial charge is 0.481 e. The zero-order valence-corrected chi connectivity index (χ0v) is 12.6. The highest BCUT2D eigenvalue weighted by molar-refractivity contribution is 6.02. The summed E-state index contributed by atoms with van der Waals surface area (Å²) in [7, 11) is 1.81. The minimum atomic E-state index is -0.827. The summed E-state index contributed by atoms with van der Waals surface area (Å²) in [6, 6.07) is 13.7. The first-order chi connectivity index (χ1) is 10.6. The van der Waals surface area contributed by atoms with Crippen molar-refractivity contribution in [2.45, 2.75) is 12.8 Å². The molecule has 0 aliphatic heterocycles. The molecule has 116 valence electrons. The van der Waals surface area contributed by atoms with Crippen molar-refractivity contribution in [3.8, 4) is 0 Å². The molecule has 2 rings (SSSR count). The van der Waals surface area contributed by atoms with E-state index in [4.69, 9.17) is 5.11 Å². The fraction of sp³-hybridized carbons (Fsp3) is 0.294. The van der Waals surface area contributed by atoms with E-state index in [2.05, 4.69) is 5.32 Å². The Morgan fingerprint density at radius 3 is 2.50 bits per heavy atom. The van der Waals surface area contributed by atoms with E-state index < -0.39 is 5.97 Å². The summed E-state index contributed by atoms with van der Waals surface area (Å²) in [4.78, 5) is 24.4. The first kappa shape index (κ1) is 16.0. The number of benzene rings is 2. The van der Waals surface area contributed by atoms with Gasteiger partial charge in [-0.05, 0) is 18.5 Å². The number of anilines is 1. The average molecular weight is 300 g/mol.